The van der Waals surface area contributed by atoms with Crippen LogP contribution in [0.25, 0.3) is 0 Å². The molecule has 0 fully saturated rings. The molecule has 4 nitrogen and oxygen atoms in total. The highest BCUT2D eigenvalue weighted by Crippen LogP contribution is 2.21. The number of aromatic carboxylic acids is 1. The molecule has 2 N–H and O–H groups in total. The first-order valence-corrected chi connectivity index (χ1v) is 4.89. The first kappa shape index (κ1) is 11.0. The summed E-state index contributed by atoms with van der Waals surface area (Å²) in [6.07, 6.45) is 0. The Hall–Kier alpha value is -1.11. The van der Waals surface area contributed by atoms with Gasteiger partial charge in [-0.25, -0.2) is 4.79 Å². The van der Waals surface area contributed by atoms with Crippen molar-refractivity contribution in [1.29, 1.82) is 0 Å². The summed E-state index contributed by atoms with van der Waals surface area (Å²) in [6, 6.07) is 4.93. The van der Waals surface area contributed by atoms with Crippen LogP contribution in [0.2, 0.25) is 0 Å². The quantitative estimate of drug-likeness (QED) is 0.821. The van der Waals surface area contributed by atoms with E-state index in [1.54, 1.807) is 18.2 Å². The van der Waals surface area contributed by atoms with Crippen molar-refractivity contribution < 1.29 is 14.7 Å². The van der Waals surface area contributed by atoms with Crippen LogP contribution >= 0.6 is 22.6 Å². The Kier molecular flexibility index (Phi) is 3.45. The molecule has 0 saturated heterocycles. The minimum atomic E-state index is -1.04. The Balaban J connectivity index is 3.21. The number of carbonyl (C=O) groups is 2. The molecule has 0 radical (unpaired) electrons. The van der Waals surface area contributed by atoms with Gasteiger partial charge >= 0.3 is 5.97 Å². The second kappa shape index (κ2) is 4.41. The number of benzene rings is 1. The Morgan fingerprint density at radius 2 is 2.07 bits per heavy atom. The van der Waals surface area contributed by atoms with Crippen LogP contribution in [0.5, 0.6) is 0 Å². The highest BCUT2D eigenvalue weighted by molar-refractivity contribution is 14.1. The lowest BCUT2D eigenvalue weighted by molar-refractivity contribution is -0.114. The summed E-state index contributed by atoms with van der Waals surface area (Å²) in [7, 11) is 0. The molecule has 1 amide bonds. The van der Waals surface area contributed by atoms with Gasteiger partial charge in [0.15, 0.2) is 0 Å². The lowest BCUT2D eigenvalue weighted by Gasteiger charge is -2.07. The number of halogens is 1. The van der Waals surface area contributed by atoms with E-state index in [0.29, 0.717) is 9.26 Å². The fourth-order valence-corrected chi connectivity index (χ4v) is 1.76. The van der Waals surface area contributed by atoms with E-state index in [1.807, 2.05) is 22.6 Å². The fraction of sp³-hybridized carbons (Fsp3) is 0.111. The van der Waals surface area contributed by atoms with Crippen LogP contribution in [-0.2, 0) is 4.79 Å². The molecule has 0 aliphatic rings. The first-order chi connectivity index (χ1) is 6.52. The molecule has 0 atom stereocenters. The summed E-state index contributed by atoms with van der Waals surface area (Å²) in [6.45, 7) is 1.34. The van der Waals surface area contributed by atoms with Crippen molar-refractivity contribution in [2.75, 3.05) is 5.32 Å². The van der Waals surface area contributed by atoms with Gasteiger partial charge in [-0.2, -0.15) is 0 Å². The molecule has 14 heavy (non-hydrogen) atoms. The summed E-state index contributed by atoms with van der Waals surface area (Å²) >= 11 is 1.92. The Labute approximate surface area is 94.5 Å². The zero-order chi connectivity index (χ0) is 10.7. The molecule has 0 aromatic heterocycles. The normalized spacial score (nSPS) is 9.57. The van der Waals surface area contributed by atoms with Gasteiger partial charge in [0.25, 0.3) is 0 Å². The monoisotopic (exact) mass is 305 g/mol. The third-order valence-corrected chi connectivity index (χ3v) is 2.44. The third-order valence-electron chi connectivity index (χ3n) is 1.54. The van der Waals surface area contributed by atoms with E-state index in [4.69, 9.17) is 5.11 Å². The van der Waals surface area contributed by atoms with Crippen molar-refractivity contribution in [2.24, 2.45) is 0 Å². The SMILES string of the molecule is CC(=O)Nc1cccc(I)c1C(=O)O. The minimum absolute atomic E-state index is 0.128. The summed E-state index contributed by atoms with van der Waals surface area (Å²) in [5.41, 5.74) is 0.459. The van der Waals surface area contributed by atoms with E-state index in [1.165, 1.54) is 6.92 Å². The van der Waals surface area contributed by atoms with E-state index < -0.39 is 5.97 Å². The zero-order valence-electron chi connectivity index (χ0n) is 7.37. The molecule has 1 aromatic rings. The van der Waals surface area contributed by atoms with Crippen molar-refractivity contribution in [2.45, 2.75) is 6.92 Å². The molecule has 1 rings (SSSR count). The predicted molar refractivity (Wildman–Crippen MR) is 60.4 cm³/mol. The highest BCUT2D eigenvalue weighted by atomic mass is 127. The minimum Gasteiger partial charge on any atom is -0.478 e. The van der Waals surface area contributed by atoms with Gasteiger partial charge in [0, 0.05) is 10.5 Å². The Morgan fingerprint density at radius 1 is 1.43 bits per heavy atom. The average Bonchev–Trinajstić information content (AvgIpc) is 2.01. The number of rotatable bonds is 2. The van der Waals surface area contributed by atoms with Crippen LogP contribution < -0.4 is 5.32 Å². The number of carboxylic acids is 1. The number of hydrogen-bond acceptors (Lipinski definition) is 2. The van der Waals surface area contributed by atoms with Gasteiger partial charge in [0.2, 0.25) is 5.91 Å². The van der Waals surface area contributed by atoms with E-state index in [2.05, 4.69) is 5.32 Å². The lowest BCUT2D eigenvalue weighted by atomic mass is 10.2. The summed E-state index contributed by atoms with van der Waals surface area (Å²) in [5, 5.41) is 11.4. The number of carbonyl (C=O) groups excluding carboxylic acids is 1. The summed E-state index contributed by atoms with van der Waals surface area (Å²) < 4.78 is 0.598. The van der Waals surface area contributed by atoms with Gasteiger partial charge in [-0.3, -0.25) is 4.79 Å². The maximum absolute atomic E-state index is 10.9. The molecule has 74 valence electrons. The highest BCUT2D eigenvalue weighted by Gasteiger charge is 2.14. The topological polar surface area (TPSA) is 66.4 Å². The van der Waals surface area contributed by atoms with Gasteiger partial charge in [-0.15, -0.1) is 0 Å². The molecular weight excluding hydrogens is 297 g/mol. The van der Waals surface area contributed by atoms with Crippen LogP contribution in [0.4, 0.5) is 5.69 Å². The number of hydrogen-bond donors (Lipinski definition) is 2. The van der Waals surface area contributed by atoms with E-state index in [-0.39, 0.29) is 11.5 Å². The molecule has 0 heterocycles. The van der Waals surface area contributed by atoms with Crippen molar-refractivity contribution in [1.82, 2.24) is 0 Å². The Morgan fingerprint density at radius 3 is 2.57 bits per heavy atom. The maximum Gasteiger partial charge on any atom is 0.338 e. The number of carboxylic acid groups (broad SMARTS) is 1. The first-order valence-electron chi connectivity index (χ1n) is 3.81. The molecule has 0 spiro atoms. The standard InChI is InChI=1S/C9H8INO3/c1-5(12)11-7-4-2-3-6(10)8(7)9(13)14/h2-4H,1H3,(H,11,12)(H,13,14). The lowest BCUT2D eigenvalue weighted by Crippen LogP contribution is -2.11. The fourth-order valence-electron chi connectivity index (χ4n) is 1.04. The van der Waals surface area contributed by atoms with Gasteiger partial charge in [-0.05, 0) is 34.7 Å². The molecule has 0 unspecified atom stereocenters. The second-order valence-electron chi connectivity index (χ2n) is 2.65. The molecular formula is C9H8INO3. The van der Waals surface area contributed by atoms with Gasteiger partial charge in [0.05, 0.1) is 11.3 Å². The maximum atomic E-state index is 10.9. The average molecular weight is 305 g/mol. The van der Waals surface area contributed by atoms with E-state index in [9.17, 15) is 9.59 Å². The molecule has 5 heteroatoms. The van der Waals surface area contributed by atoms with Crippen molar-refractivity contribution in [3.63, 3.8) is 0 Å². The predicted octanol–water partition coefficient (Wildman–Crippen LogP) is 1.95. The number of nitrogens with one attached hydrogen (secondary N) is 1. The van der Waals surface area contributed by atoms with Crippen LogP contribution in [0.15, 0.2) is 18.2 Å². The van der Waals surface area contributed by atoms with Crippen LogP contribution in [0.1, 0.15) is 17.3 Å². The van der Waals surface area contributed by atoms with Crippen molar-refractivity contribution in [3.05, 3.63) is 27.3 Å². The molecule has 0 aliphatic heterocycles. The molecule has 0 aliphatic carbocycles. The number of amides is 1. The molecule has 0 saturated carbocycles. The van der Waals surface area contributed by atoms with Crippen LogP contribution in [0, 0.1) is 3.57 Å². The van der Waals surface area contributed by atoms with E-state index in [0.717, 1.165) is 0 Å². The van der Waals surface area contributed by atoms with Crippen molar-refractivity contribution >= 4 is 40.2 Å². The number of anilines is 1. The largest absolute Gasteiger partial charge is 0.478 e. The van der Waals surface area contributed by atoms with Crippen LogP contribution in [0.3, 0.4) is 0 Å². The molecule has 1 aromatic carbocycles. The van der Waals surface area contributed by atoms with Gasteiger partial charge < -0.3 is 10.4 Å². The summed E-state index contributed by atoms with van der Waals surface area (Å²) in [4.78, 5) is 21.7. The van der Waals surface area contributed by atoms with Crippen molar-refractivity contribution in [3.8, 4) is 0 Å². The third kappa shape index (κ3) is 2.44. The van der Waals surface area contributed by atoms with Gasteiger partial charge in [0.1, 0.15) is 0 Å². The summed E-state index contributed by atoms with van der Waals surface area (Å²) in [5.74, 6) is -1.33. The van der Waals surface area contributed by atoms with Gasteiger partial charge in [-0.1, -0.05) is 6.07 Å². The molecule has 0 bridgehead atoms. The Bertz CT molecular complexity index is 390. The smallest absolute Gasteiger partial charge is 0.338 e. The van der Waals surface area contributed by atoms with Crippen LogP contribution in [-0.4, -0.2) is 17.0 Å². The van der Waals surface area contributed by atoms with E-state index >= 15 is 0 Å². The zero-order valence-corrected chi connectivity index (χ0v) is 9.53. The second-order valence-corrected chi connectivity index (χ2v) is 3.81.